The van der Waals surface area contributed by atoms with Crippen molar-refractivity contribution < 1.29 is 5.11 Å². The van der Waals surface area contributed by atoms with Crippen LogP contribution in [0.3, 0.4) is 0 Å². The molecular formula is C14H21NOS. The number of aliphatic hydroxyl groups is 1. The normalized spacial score (nSPS) is 19.7. The van der Waals surface area contributed by atoms with E-state index >= 15 is 0 Å². The van der Waals surface area contributed by atoms with Crippen LogP contribution in [0.25, 0.3) is 0 Å². The Kier molecular flexibility index (Phi) is 3.81. The maximum Gasteiger partial charge on any atom is 0.0718 e. The molecule has 0 amide bonds. The first-order chi connectivity index (χ1) is 7.94. The van der Waals surface area contributed by atoms with Gasteiger partial charge in [-0.25, -0.2) is 0 Å². The minimum Gasteiger partial charge on any atom is -0.389 e. The summed E-state index contributed by atoms with van der Waals surface area (Å²) in [5.41, 5.74) is 0.865. The van der Waals surface area contributed by atoms with Crippen molar-refractivity contribution in [1.29, 1.82) is 0 Å². The van der Waals surface area contributed by atoms with Gasteiger partial charge in [0.05, 0.1) is 5.60 Å². The third-order valence-electron chi connectivity index (χ3n) is 2.89. The molecule has 2 nitrogen and oxygen atoms in total. The Labute approximate surface area is 108 Å². The second kappa shape index (κ2) is 5.01. The summed E-state index contributed by atoms with van der Waals surface area (Å²) in [6, 6.07) is 8.64. The van der Waals surface area contributed by atoms with Gasteiger partial charge < -0.3 is 10.0 Å². The van der Waals surface area contributed by atoms with Gasteiger partial charge in [0.1, 0.15) is 0 Å². The fourth-order valence-electron chi connectivity index (χ4n) is 2.43. The van der Waals surface area contributed by atoms with Crippen LogP contribution in [-0.2, 0) is 6.42 Å². The monoisotopic (exact) mass is 251 g/mol. The number of nitrogens with zero attached hydrogens (tertiary/aromatic N) is 1. The topological polar surface area (TPSA) is 23.5 Å². The standard InChI is InChI=1S/C14H21NOS/c1-14(2,16)10-15(3)9-12-8-11-6-4-5-7-13(11)17-12/h4-7,12,16H,8-10H2,1-3H3. The van der Waals surface area contributed by atoms with E-state index in [9.17, 15) is 5.11 Å². The van der Waals surface area contributed by atoms with Crippen LogP contribution in [0.1, 0.15) is 19.4 Å². The van der Waals surface area contributed by atoms with Crippen LogP contribution in [0.15, 0.2) is 29.2 Å². The smallest absolute Gasteiger partial charge is 0.0718 e. The molecule has 17 heavy (non-hydrogen) atoms. The molecule has 1 aliphatic rings. The lowest BCUT2D eigenvalue weighted by molar-refractivity contribution is 0.0449. The van der Waals surface area contributed by atoms with Crippen LogP contribution in [0.5, 0.6) is 0 Å². The van der Waals surface area contributed by atoms with Crippen LogP contribution in [0.4, 0.5) is 0 Å². The van der Waals surface area contributed by atoms with Crippen LogP contribution in [0, 0.1) is 0 Å². The summed E-state index contributed by atoms with van der Waals surface area (Å²) >= 11 is 1.97. The third-order valence-corrected chi connectivity index (χ3v) is 4.19. The van der Waals surface area contributed by atoms with E-state index in [0.717, 1.165) is 19.5 Å². The molecule has 1 unspecified atom stereocenters. The van der Waals surface area contributed by atoms with E-state index < -0.39 is 5.60 Å². The minimum atomic E-state index is -0.606. The van der Waals surface area contributed by atoms with Gasteiger partial charge in [0.15, 0.2) is 0 Å². The highest BCUT2D eigenvalue weighted by Crippen LogP contribution is 2.36. The van der Waals surface area contributed by atoms with Gasteiger partial charge in [-0.3, -0.25) is 0 Å². The average Bonchev–Trinajstić information content (AvgIpc) is 2.55. The van der Waals surface area contributed by atoms with E-state index in [0.29, 0.717) is 5.25 Å². The Balaban J connectivity index is 1.87. The number of likely N-dealkylation sites (N-methyl/N-ethyl adjacent to an activating group) is 1. The predicted molar refractivity (Wildman–Crippen MR) is 73.6 cm³/mol. The highest BCUT2D eigenvalue weighted by atomic mass is 32.2. The molecule has 1 N–H and O–H groups in total. The molecule has 0 aliphatic carbocycles. The molecule has 3 heteroatoms. The summed E-state index contributed by atoms with van der Waals surface area (Å²) in [4.78, 5) is 3.65. The van der Waals surface area contributed by atoms with Crippen molar-refractivity contribution in [2.24, 2.45) is 0 Å². The zero-order chi connectivity index (χ0) is 12.5. The molecule has 2 rings (SSSR count). The molecule has 0 radical (unpaired) electrons. The van der Waals surface area contributed by atoms with Crippen molar-refractivity contribution in [3.05, 3.63) is 29.8 Å². The molecule has 1 aromatic carbocycles. The van der Waals surface area contributed by atoms with Crippen molar-refractivity contribution in [3.63, 3.8) is 0 Å². The van der Waals surface area contributed by atoms with Crippen molar-refractivity contribution in [1.82, 2.24) is 4.90 Å². The molecule has 0 fully saturated rings. The van der Waals surface area contributed by atoms with Gasteiger partial charge in [-0.05, 0) is 38.9 Å². The summed E-state index contributed by atoms with van der Waals surface area (Å²) < 4.78 is 0. The lowest BCUT2D eigenvalue weighted by Crippen LogP contribution is -2.39. The zero-order valence-electron chi connectivity index (χ0n) is 10.8. The maximum absolute atomic E-state index is 9.79. The quantitative estimate of drug-likeness (QED) is 0.889. The summed E-state index contributed by atoms with van der Waals surface area (Å²) in [5.74, 6) is 0. The van der Waals surface area contributed by atoms with Crippen molar-refractivity contribution in [2.75, 3.05) is 20.1 Å². The fourth-order valence-corrected chi connectivity index (χ4v) is 3.84. The van der Waals surface area contributed by atoms with Gasteiger partial charge in [0, 0.05) is 23.2 Å². The number of benzene rings is 1. The highest BCUT2D eigenvalue weighted by Gasteiger charge is 2.24. The second-order valence-corrected chi connectivity index (χ2v) is 6.90. The molecule has 1 aliphatic heterocycles. The Morgan fingerprint density at radius 1 is 1.41 bits per heavy atom. The number of thioether (sulfide) groups is 1. The van der Waals surface area contributed by atoms with Gasteiger partial charge in [-0.1, -0.05) is 18.2 Å². The molecule has 1 aromatic rings. The molecule has 0 aromatic heterocycles. The first-order valence-corrected chi connectivity index (χ1v) is 6.97. The SMILES string of the molecule is CN(CC1Cc2ccccc2S1)CC(C)(C)O. The predicted octanol–water partition coefficient (Wildman–Crippen LogP) is 2.41. The summed E-state index contributed by atoms with van der Waals surface area (Å²) in [7, 11) is 2.08. The molecule has 1 atom stereocenters. The van der Waals surface area contributed by atoms with Gasteiger partial charge in [0.25, 0.3) is 0 Å². The number of rotatable bonds is 4. The van der Waals surface area contributed by atoms with E-state index in [1.54, 1.807) is 0 Å². The lowest BCUT2D eigenvalue weighted by Gasteiger charge is -2.27. The molecule has 0 spiro atoms. The Morgan fingerprint density at radius 2 is 2.12 bits per heavy atom. The Morgan fingerprint density at radius 3 is 2.76 bits per heavy atom. The van der Waals surface area contributed by atoms with Crippen molar-refractivity contribution >= 4 is 11.8 Å². The molecule has 94 valence electrons. The van der Waals surface area contributed by atoms with Crippen molar-refractivity contribution in [3.8, 4) is 0 Å². The highest BCUT2D eigenvalue weighted by molar-refractivity contribution is 8.00. The van der Waals surface area contributed by atoms with E-state index in [4.69, 9.17) is 0 Å². The van der Waals surface area contributed by atoms with Gasteiger partial charge >= 0.3 is 0 Å². The molecular weight excluding hydrogens is 230 g/mol. The maximum atomic E-state index is 9.79. The number of hydrogen-bond acceptors (Lipinski definition) is 3. The molecule has 1 heterocycles. The lowest BCUT2D eigenvalue weighted by atomic mass is 10.1. The molecule has 0 saturated heterocycles. The Bertz CT molecular complexity index is 361. The van der Waals surface area contributed by atoms with Crippen LogP contribution >= 0.6 is 11.8 Å². The first-order valence-electron chi connectivity index (χ1n) is 6.09. The van der Waals surface area contributed by atoms with Crippen LogP contribution in [-0.4, -0.2) is 41.0 Å². The molecule has 0 saturated carbocycles. The fraction of sp³-hybridized carbons (Fsp3) is 0.571. The largest absolute Gasteiger partial charge is 0.389 e. The number of hydrogen-bond donors (Lipinski definition) is 1. The summed E-state index contributed by atoms with van der Waals surface area (Å²) in [5, 5.41) is 10.4. The zero-order valence-corrected chi connectivity index (χ0v) is 11.6. The van der Waals surface area contributed by atoms with Crippen molar-refractivity contribution in [2.45, 2.75) is 36.0 Å². The second-order valence-electron chi connectivity index (χ2n) is 5.56. The molecule has 0 bridgehead atoms. The van der Waals surface area contributed by atoms with Crippen LogP contribution < -0.4 is 0 Å². The van der Waals surface area contributed by atoms with Gasteiger partial charge in [0.2, 0.25) is 0 Å². The summed E-state index contributed by atoms with van der Waals surface area (Å²) in [6.45, 7) is 5.48. The third kappa shape index (κ3) is 3.73. The van der Waals surface area contributed by atoms with E-state index in [2.05, 4.69) is 36.2 Å². The van der Waals surface area contributed by atoms with E-state index in [-0.39, 0.29) is 0 Å². The minimum absolute atomic E-state index is 0.606. The first kappa shape index (κ1) is 12.9. The number of fused-ring (bicyclic) bond motifs is 1. The van der Waals surface area contributed by atoms with E-state index in [1.807, 2.05) is 25.6 Å². The average molecular weight is 251 g/mol. The van der Waals surface area contributed by atoms with E-state index in [1.165, 1.54) is 10.5 Å². The van der Waals surface area contributed by atoms with Gasteiger partial charge in [-0.15, -0.1) is 11.8 Å². The summed E-state index contributed by atoms with van der Waals surface area (Å²) in [6.07, 6.45) is 1.15. The van der Waals surface area contributed by atoms with Gasteiger partial charge in [-0.2, -0.15) is 0 Å². The Hall–Kier alpha value is -0.510. The van der Waals surface area contributed by atoms with Crippen LogP contribution in [0.2, 0.25) is 0 Å².